The first kappa shape index (κ1) is 20.9. The summed E-state index contributed by atoms with van der Waals surface area (Å²) < 4.78 is 29.4. The van der Waals surface area contributed by atoms with Crippen molar-refractivity contribution in [1.82, 2.24) is 9.88 Å². The van der Waals surface area contributed by atoms with Crippen molar-refractivity contribution in [2.45, 2.75) is 45.4 Å². The van der Waals surface area contributed by atoms with E-state index in [1.54, 1.807) is 6.92 Å². The average Bonchev–Trinajstić information content (AvgIpc) is 3.22. The molecule has 1 aliphatic carbocycles. The Morgan fingerprint density at radius 2 is 1.83 bits per heavy atom. The van der Waals surface area contributed by atoms with E-state index in [0.717, 1.165) is 69.5 Å². The summed E-state index contributed by atoms with van der Waals surface area (Å²) in [6, 6.07) is 1.98. The number of nitrogens with zero attached hydrogens (tertiary/aromatic N) is 3. The largest absolute Gasteiger partial charge is 0.493 e. The number of hydrogen-bond donors (Lipinski definition) is 0. The number of anilines is 1. The average molecular weight is 422 g/mol. The molecule has 162 valence electrons. The van der Waals surface area contributed by atoms with Crippen molar-refractivity contribution in [3.63, 3.8) is 0 Å². The maximum atomic E-state index is 11.9. The minimum atomic E-state index is -2.82. The Bertz CT molecular complexity index is 782. The van der Waals surface area contributed by atoms with Gasteiger partial charge in [-0.1, -0.05) is 19.8 Å². The molecule has 1 aromatic heterocycles. The van der Waals surface area contributed by atoms with E-state index in [1.807, 2.05) is 12.3 Å². The van der Waals surface area contributed by atoms with Gasteiger partial charge in [-0.3, -0.25) is 4.90 Å². The van der Waals surface area contributed by atoms with Crippen molar-refractivity contribution >= 4 is 15.7 Å². The van der Waals surface area contributed by atoms with Crippen LogP contribution in [0.2, 0.25) is 0 Å². The zero-order valence-corrected chi connectivity index (χ0v) is 18.5. The molecule has 0 amide bonds. The van der Waals surface area contributed by atoms with E-state index < -0.39 is 9.84 Å². The first-order valence-electron chi connectivity index (χ1n) is 11.3. The number of sulfone groups is 1. The van der Waals surface area contributed by atoms with Crippen molar-refractivity contribution in [1.29, 1.82) is 0 Å². The van der Waals surface area contributed by atoms with E-state index in [4.69, 9.17) is 4.74 Å². The Labute approximate surface area is 175 Å². The summed E-state index contributed by atoms with van der Waals surface area (Å²) >= 11 is 0. The van der Waals surface area contributed by atoms with Crippen LogP contribution in [0.25, 0.3) is 0 Å². The van der Waals surface area contributed by atoms with Gasteiger partial charge < -0.3 is 9.64 Å². The second-order valence-electron chi connectivity index (χ2n) is 8.91. The van der Waals surface area contributed by atoms with Gasteiger partial charge in [0.05, 0.1) is 12.4 Å². The lowest BCUT2D eigenvalue weighted by Gasteiger charge is -2.37. The molecule has 0 N–H and O–H groups in total. The van der Waals surface area contributed by atoms with Crippen LogP contribution in [0.15, 0.2) is 12.3 Å². The van der Waals surface area contributed by atoms with Gasteiger partial charge >= 0.3 is 0 Å². The summed E-state index contributed by atoms with van der Waals surface area (Å²) in [5.41, 5.74) is 1.28. The SMILES string of the molecule is CCS(=O)(=O)CC1CCC(CCN2CCN(c3nccc4c3CCO4)CC2)CC1. The normalized spacial score (nSPS) is 25.6. The molecule has 0 unspecified atom stereocenters. The van der Waals surface area contributed by atoms with Gasteiger partial charge in [-0.05, 0) is 43.7 Å². The van der Waals surface area contributed by atoms with Gasteiger partial charge in [-0.15, -0.1) is 0 Å². The van der Waals surface area contributed by atoms with E-state index in [-0.39, 0.29) is 5.75 Å². The van der Waals surface area contributed by atoms with Gasteiger partial charge in [0, 0.05) is 50.1 Å². The number of ether oxygens (including phenoxy) is 1. The number of fused-ring (bicyclic) bond motifs is 1. The van der Waals surface area contributed by atoms with Gasteiger partial charge in [0.15, 0.2) is 0 Å². The molecule has 0 radical (unpaired) electrons. The van der Waals surface area contributed by atoms with Gasteiger partial charge in [-0.2, -0.15) is 0 Å². The molecule has 3 aliphatic rings. The lowest BCUT2D eigenvalue weighted by atomic mass is 9.81. The quantitative estimate of drug-likeness (QED) is 0.675. The predicted molar refractivity (Wildman–Crippen MR) is 116 cm³/mol. The Balaban J connectivity index is 1.18. The highest BCUT2D eigenvalue weighted by Gasteiger charge is 2.27. The van der Waals surface area contributed by atoms with Gasteiger partial charge in [0.1, 0.15) is 21.4 Å². The molecule has 6 nitrogen and oxygen atoms in total. The molecule has 0 bridgehead atoms. The van der Waals surface area contributed by atoms with Crippen molar-refractivity contribution in [3.05, 3.63) is 17.8 Å². The maximum Gasteiger partial charge on any atom is 0.150 e. The van der Waals surface area contributed by atoms with Crippen molar-refractivity contribution in [2.75, 3.05) is 55.7 Å². The smallest absolute Gasteiger partial charge is 0.150 e. The minimum absolute atomic E-state index is 0.285. The van der Waals surface area contributed by atoms with Gasteiger partial charge in [-0.25, -0.2) is 13.4 Å². The van der Waals surface area contributed by atoms with Crippen LogP contribution in [-0.2, 0) is 16.3 Å². The summed E-state index contributed by atoms with van der Waals surface area (Å²) in [4.78, 5) is 9.65. The molecule has 29 heavy (non-hydrogen) atoms. The lowest BCUT2D eigenvalue weighted by Crippen LogP contribution is -2.47. The predicted octanol–water partition coefficient (Wildman–Crippen LogP) is 2.77. The second-order valence-corrected chi connectivity index (χ2v) is 11.3. The third-order valence-electron chi connectivity index (χ3n) is 7.02. The highest BCUT2D eigenvalue weighted by Crippen LogP contribution is 2.33. The fourth-order valence-electron chi connectivity index (χ4n) is 5.08. The van der Waals surface area contributed by atoms with E-state index in [9.17, 15) is 8.42 Å². The molecule has 4 rings (SSSR count). The topological polar surface area (TPSA) is 62.7 Å². The zero-order chi connectivity index (χ0) is 20.3. The minimum Gasteiger partial charge on any atom is -0.493 e. The number of piperazine rings is 1. The van der Waals surface area contributed by atoms with E-state index in [0.29, 0.717) is 11.7 Å². The Morgan fingerprint density at radius 1 is 1.10 bits per heavy atom. The third-order valence-corrected chi connectivity index (χ3v) is 8.88. The van der Waals surface area contributed by atoms with Crippen molar-refractivity contribution in [3.8, 4) is 5.75 Å². The highest BCUT2D eigenvalue weighted by atomic mass is 32.2. The number of aromatic nitrogens is 1. The van der Waals surface area contributed by atoms with Crippen molar-refractivity contribution < 1.29 is 13.2 Å². The fraction of sp³-hybridized carbons (Fsp3) is 0.773. The molecular weight excluding hydrogens is 386 g/mol. The summed E-state index contributed by atoms with van der Waals surface area (Å²) in [6.07, 6.45) is 8.66. The van der Waals surface area contributed by atoms with E-state index in [1.165, 1.54) is 31.4 Å². The molecule has 3 heterocycles. The molecule has 7 heteroatoms. The standard InChI is InChI=1S/C22H35N3O3S/c1-2-29(26,27)17-19-5-3-18(4-6-19)8-11-24-12-14-25(15-13-24)22-20-9-16-28-21(20)7-10-23-22/h7,10,18-19H,2-6,8-9,11-17H2,1H3. The number of rotatable bonds is 7. The highest BCUT2D eigenvalue weighted by molar-refractivity contribution is 7.91. The fourth-order valence-corrected chi connectivity index (χ4v) is 6.37. The molecule has 2 aliphatic heterocycles. The van der Waals surface area contributed by atoms with Crippen molar-refractivity contribution in [2.24, 2.45) is 11.8 Å². The van der Waals surface area contributed by atoms with Gasteiger partial charge in [0.2, 0.25) is 0 Å². The first-order valence-corrected chi connectivity index (χ1v) is 13.1. The number of hydrogen-bond acceptors (Lipinski definition) is 6. The van der Waals surface area contributed by atoms with Crippen LogP contribution < -0.4 is 9.64 Å². The molecule has 0 aromatic carbocycles. The summed E-state index contributed by atoms with van der Waals surface area (Å²) in [6.45, 7) is 7.96. The van der Waals surface area contributed by atoms with Crippen LogP contribution in [0.4, 0.5) is 5.82 Å². The monoisotopic (exact) mass is 421 g/mol. The molecule has 0 spiro atoms. The van der Waals surface area contributed by atoms with Crippen LogP contribution >= 0.6 is 0 Å². The number of pyridine rings is 1. The van der Waals surface area contributed by atoms with Gasteiger partial charge in [0.25, 0.3) is 0 Å². The van der Waals surface area contributed by atoms with E-state index in [2.05, 4.69) is 14.8 Å². The molecular formula is C22H35N3O3S. The molecule has 1 aromatic rings. The first-order chi connectivity index (χ1) is 14.0. The molecule has 1 saturated carbocycles. The second kappa shape index (κ2) is 9.21. The van der Waals surface area contributed by atoms with E-state index >= 15 is 0 Å². The Kier molecular flexibility index (Phi) is 6.64. The van der Waals surface area contributed by atoms with Crippen LogP contribution in [0.3, 0.4) is 0 Å². The molecule has 2 fully saturated rings. The van der Waals surface area contributed by atoms with Crippen LogP contribution in [0.5, 0.6) is 5.75 Å². The van der Waals surface area contributed by atoms with Crippen LogP contribution in [0.1, 0.15) is 44.6 Å². The summed E-state index contributed by atoms with van der Waals surface area (Å²) in [5.74, 6) is 3.99. The van der Waals surface area contributed by atoms with Crippen LogP contribution in [-0.4, -0.2) is 69.1 Å². The lowest BCUT2D eigenvalue weighted by molar-refractivity contribution is 0.208. The third kappa shape index (κ3) is 5.23. The summed E-state index contributed by atoms with van der Waals surface area (Å²) in [7, 11) is -2.82. The van der Waals surface area contributed by atoms with Crippen LogP contribution in [0, 0.1) is 11.8 Å². The molecule has 0 atom stereocenters. The maximum absolute atomic E-state index is 11.9. The Hall–Kier alpha value is -1.34. The zero-order valence-electron chi connectivity index (χ0n) is 17.7. The Morgan fingerprint density at radius 3 is 2.55 bits per heavy atom. The summed E-state index contributed by atoms with van der Waals surface area (Å²) in [5, 5.41) is 0. The molecule has 1 saturated heterocycles.